The average Bonchev–Trinajstić information content (AvgIpc) is 2.94. The van der Waals surface area contributed by atoms with Crippen molar-refractivity contribution in [1.82, 2.24) is 5.32 Å². The molecule has 0 aliphatic heterocycles. The van der Waals surface area contributed by atoms with Gasteiger partial charge in [0.2, 0.25) is 5.91 Å². The third-order valence-corrected chi connectivity index (χ3v) is 8.25. The molecule has 0 aromatic heterocycles. The summed E-state index contributed by atoms with van der Waals surface area (Å²) in [4.78, 5) is 14.4. The summed E-state index contributed by atoms with van der Waals surface area (Å²) in [6.45, 7) is 8.66. The van der Waals surface area contributed by atoms with Crippen LogP contribution in [0.5, 0.6) is 0 Å². The number of rotatable bonds is 27. The van der Waals surface area contributed by atoms with Gasteiger partial charge in [0.05, 0.1) is 0 Å². The highest BCUT2D eigenvalue weighted by atomic mass is 16.1. The second-order valence-corrected chi connectivity index (χ2v) is 12.3. The molecule has 1 aromatic rings. The SMILES string of the molecule is CCCCCCCCCCCCCCCCCCCCNC(=O)CCCCCN(C)c1ccc(C(C)C)cc1. The first-order chi connectivity index (χ1) is 19.0. The van der Waals surface area contributed by atoms with Gasteiger partial charge < -0.3 is 10.2 Å². The lowest BCUT2D eigenvalue weighted by Crippen LogP contribution is -2.24. The van der Waals surface area contributed by atoms with E-state index in [1.165, 1.54) is 120 Å². The smallest absolute Gasteiger partial charge is 0.219 e. The van der Waals surface area contributed by atoms with Crippen molar-refractivity contribution in [1.29, 1.82) is 0 Å². The first-order valence-electron chi connectivity index (χ1n) is 17.1. The molecule has 0 aliphatic rings. The van der Waals surface area contributed by atoms with E-state index < -0.39 is 0 Å². The fourth-order valence-corrected chi connectivity index (χ4v) is 5.40. The lowest BCUT2D eigenvalue weighted by atomic mass is 10.0. The summed E-state index contributed by atoms with van der Waals surface area (Å²) < 4.78 is 0. The van der Waals surface area contributed by atoms with E-state index in [9.17, 15) is 4.79 Å². The van der Waals surface area contributed by atoms with Crippen LogP contribution in [0.1, 0.15) is 174 Å². The van der Waals surface area contributed by atoms with Gasteiger partial charge in [-0.05, 0) is 42.9 Å². The molecule has 0 spiro atoms. The van der Waals surface area contributed by atoms with E-state index in [2.05, 4.69) is 62.3 Å². The fraction of sp³-hybridized carbons (Fsp3) is 0.806. The molecule has 0 saturated carbocycles. The van der Waals surface area contributed by atoms with Gasteiger partial charge in [-0.1, -0.05) is 148 Å². The Labute approximate surface area is 244 Å². The summed E-state index contributed by atoms with van der Waals surface area (Å²) in [5, 5.41) is 3.13. The van der Waals surface area contributed by atoms with E-state index in [0.717, 1.165) is 38.8 Å². The molecule has 1 rings (SSSR count). The Kier molecular flexibility index (Phi) is 23.2. The summed E-state index contributed by atoms with van der Waals surface area (Å²) in [7, 11) is 2.16. The summed E-state index contributed by atoms with van der Waals surface area (Å²) >= 11 is 0. The number of benzene rings is 1. The summed E-state index contributed by atoms with van der Waals surface area (Å²) in [6, 6.07) is 8.92. The molecule has 226 valence electrons. The number of anilines is 1. The van der Waals surface area contributed by atoms with Crippen molar-refractivity contribution >= 4 is 11.6 Å². The van der Waals surface area contributed by atoms with Crippen LogP contribution in [0.4, 0.5) is 5.69 Å². The predicted molar refractivity (Wildman–Crippen MR) is 174 cm³/mol. The number of carbonyl (C=O) groups is 1. The molecule has 0 unspecified atom stereocenters. The van der Waals surface area contributed by atoms with Gasteiger partial charge in [-0.15, -0.1) is 0 Å². The Balaban J connectivity index is 1.80. The van der Waals surface area contributed by atoms with Gasteiger partial charge in [0, 0.05) is 32.2 Å². The first kappa shape index (κ1) is 35.5. The molecule has 1 aromatic carbocycles. The molecule has 1 amide bonds. The third-order valence-electron chi connectivity index (χ3n) is 8.25. The van der Waals surface area contributed by atoms with Crippen molar-refractivity contribution in [3.63, 3.8) is 0 Å². The molecule has 0 atom stereocenters. The van der Waals surface area contributed by atoms with E-state index in [0.29, 0.717) is 12.3 Å². The maximum absolute atomic E-state index is 12.1. The molecule has 0 aliphatic carbocycles. The second kappa shape index (κ2) is 25.5. The number of hydrogen-bond donors (Lipinski definition) is 1. The molecule has 0 saturated heterocycles. The van der Waals surface area contributed by atoms with Crippen molar-refractivity contribution in [2.75, 3.05) is 25.0 Å². The standard InChI is InChI=1S/C36H66N2O/c1-5-6-7-8-9-10-11-12-13-14-15-16-17-18-19-20-21-24-31-37-36(39)26-23-22-25-32-38(4)35-29-27-34(28-30-35)33(2)3/h27-30,33H,5-26,31-32H2,1-4H3,(H,37,39). The minimum atomic E-state index is 0.236. The van der Waals surface area contributed by atoms with E-state index in [4.69, 9.17) is 0 Å². The largest absolute Gasteiger partial charge is 0.375 e. The normalized spacial score (nSPS) is 11.3. The van der Waals surface area contributed by atoms with Crippen molar-refractivity contribution in [3.8, 4) is 0 Å². The Hall–Kier alpha value is -1.51. The Morgan fingerprint density at radius 1 is 0.641 bits per heavy atom. The highest BCUT2D eigenvalue weighted by Crippen LogP contribution is 2.20. The highest BCUT2D eigenvalue weighted by molar-refractivity contribution is 5.75. The fourth-order valence-electron chi connectivity index (χ4n) is 5.40. The maximum atomic E-state index is 12.1. The monoisotopic (exact) mass is 543 g/mol. The zero-order valence-electron chi connectivity index (χ0n) is 26.7. The maximum Gasteiger partial charge on any atom is 0.219 e. The van der Waals surface area contributed by atoms with Crippen LogP contribution < -0.4 is 10.2 Å². The van der Waals surface area contributed by atoms with Crippen LogP contribution in [-0.2, 0) is 4.79 Å². The van der Waals surface area contributed by atoms with E-state index in [-0.39, 0.29) is 5.91 Å². The van der Waals surface area contributed by atoms with Gasteiger partial charge in [-0.3, -0.25) is 4.79 Å². The van der Waals surface area contributed by atoms with E-state index in [1.54, 1.807) is 0 Å². The zero-order chi connectivity index (χ0) is 28.4. The molecule has 3 heteroatoms. The topological polar surface area (TPSA) is 32.3 Å². The first-order valence-corrected chi connectivity index (χ1v) is 17.1. The Bertz CT molecular complexity index is 669. The minimum Gasteiger partial charge on any atom is -0.375 e. The predicted octanol–water partition coefficient (Wildman–Crippen LogP) is 11.0. The lowest BCUT2D eigenvalue weighted by Gasteiger charge is -2.20. The van der Waals surface area contributed by atoms with Crippen molar-refractivity contribution in [3.05, 3.63) is 29.8 Å². The van der Waals surface area contributed by atoms with E-state index in [1.807, 2.05) is 0 Å². The van der Waals surface area contributed by atoms with Gasteiger partial charge in [-0.25, -0.2) is 0 Å². The van der Waals surface area contributed by atoms with Crippen LogP contribution in [0.25, 0.3) is 0 Å². The molecule has 1 N–H and O–H groups in total. The summed E-state index contributed by atoms with van der Waals surface area (Å²) in [6.07, 6.45) is 29.0. The average molecular weight is 543 g/mol. The van der Waals surface area contributed by atoms with Crippen LogP contribution in [0.2, 0.25) is 0 Å². The molecular weight excluding hydrogens is 476 g/mol. The molecule has 0 radical (unpaired) electrons. The highest BCUT2D eigenvalue weighted by Gasteiger charge is 2.04. The number of carbonyl (C=O) groups excluding carboxylic acids is 1. The zero-order valence-corrected chi connectivity index (χ0v) is 26.7. The summed E-state index contributed by atoms with van der Waals surface area (Å²) in [5.41, 5.74) is 2.67. The van der Waals surface area contributed by atoms with Gasteiger partial charge in [0.15, 0.2) is 0 Å². The molecule has 0 bridgehead atoms. The second-order valence-electron chi connectivity index (χ2n) is 12.3. The molecule has 3 nitrogen and oxygen atoms in total. The van der Waals surface area contributed by atoms with Gasteiger partial charge in [0.25, 0.3) is 0 Å². The quantitative estimate of drug-likeness (QED) is 0.112. The van der Waals surface area contributed by atoms with Crippen LogP contribution in [0.15, 0.2) is 24.3 Å². The molecule has 39 heavy (non-hydrogen) atoms. The number of unbranched alkanes of at least 4 members (excludes halogenated alkanes) is 19. The molecule has 0 heterocycles. The van der Waals surface area contributed by atoms with Crippen molar-refractivity contribution in [2.45, 2.75) is 168 Å². The van der Waals surface area contributed by atoms with Gasteiger partial charge in [0.1, 0.15) is 0 Å². The minimum absolute atomic E-state index is 0.236. The van der Waals surface area contributed by atoms with Gasteiger partial charge in [-0.2, -0.15) is 0 Å². The van der Waals surface area contributed by atoms with Crippen molar-refractivity contribution in [2.24, 2.45) is 0 Å². The Morgan fingerprint density at radius 2 is 1.08 bits per heavy atom. The number of hydrogen-bond acceptors (Lipinski definition) is 2. The molecule has 0 fully saturated rings. The van der Waals surface area contributed by atoms with Crippen LogP contribution in [-0.4, -0.2) is 26.0 Å². The Morgan fingerprint density at radius 3 is 1.54 bits per heavy atom. The van der Waals surface area contributed by atoms with Crippen LogP contribution >= 0.6 is 0 Å². The molecular formula is C36H66N2O. The van der Waals surface area contributed by atoms with Crippen LogP contribution in [0.3, 0.4) is 0 Å². The number of nitrogens with one attached hydrogen (secondary N) is 1. The summed E-state index contributed by atoms with van der Waals surface area (Å²) in [5.74, 6) is 0.814. The van der Waals surface area contributed by atoms with E-state index >= 15 is 0 Å². The lowest BCUT2D eigenvalue weighted by molar-refractivity contribution is -0.121. The van der Waals surface area contributed by atoms with Crippen molar-refractivity contribution < 1.29 is 4.79 Å². The third kappa shape index (κ3) is 21.0. The van der Waals surface area contributed by atoms with Gasteiger partial charge >= 0.3 is 0 Å². The number of nitrogens with zero attached hydrogens (tertiary/aromatic N) is 1. The number of amides is 1. The van der Waals surface area contributed by atoms with Crippen LogP contribution in [0, 0.1) is 0 Å².